The second kappa shape index (κ2) is 7.44. The molecule has 1 aromatic carbocycles. The maximum Gasteiger partial charge on any atom is 0.0686 e. The highest BCUT2D eigenvalue weighted by Gasteiger charge is 2.19. The topological polar surface area (TPSA) is 12.0 Å². The molecule has 1 aromatic heterocycles. The van der Waals surface area contributed by atoms with Crippen molar-refractivity contribution < 1.29 is 0 Å². The van der Waals surface area contributed by atoms with E-state index in [0.29, 0.717) is 5.92 Å². The first kappa shape index (κ1) is 16.5. The van der Waals surface area contributed by atoms with Gasteiger partial charge in [-0.3, -0.25) is 0 Å². The molecule has 1 unspecified atom stereocenters. The molecular formula is C18H24ClNS. The molecule has 3 heteroatoms. The summed E-state index contributed by atoms with van der Waals surface area (Å²) in [5.74, 6) is 0.564. The normalized spacial score (nSPS) is 12.9. The van der Waals surface area contributed by atoms with E-state index in [2.05, 4.69) is 62.7 Å². The molecule has 0 aliphatic rings. The summed E-state index contributed by atoms with van der Waals surface area (Å²) in [5, 5.41) is 6.67. The van der Waals surface area contributed by atoms with Crippen molar-refractivity contribution in [3.05, 3.63) is 56.2 Å². The summed E-state index contributed by atoms with van der Waals surface area (Å²) in [4.78, 5) is 1.22. The molecule has 1 nitrogen and oxygen atoms in total. The molecule has 2 aromatic rings. The van der Waals surface area contributed by atoms with Gasteiger partial charge in [0, 0.05) is 4.88 Å². The Balaban J connectivity index is 2.33. The monoisotopic (exact) mass is 321 g/mol. The third kappa shape index (κ3) is 3.88. The van der Waals surface area contributed by atoms with Crippen LogP contribution in [0, 0.1) is 6.92 Å². The van der Waals surface area contributed by atoms with Crippen LogP contribution in [0.25, 0.3) is 0 Å². The second-order valence-electron chi connectivity index (χ2n) is 5.81. The van der Waals surface area contributed by atoms with Crippen molar-refractivity contribution in [1.29, 1.82) is 0 Å². The SMILES string of the molecule is CCCNC(c1ccc(C(C)C)cc1)c1scc(C)c1Cl. The van der Waals surface area contributed by atoms with Crippen LogP contribution >= 0.6 is 22.9 Å². The zero-order valence-corrected chi connectivity index (χ0v) is 14.8. The minimum atomic E-state index is 0.192. The maximum atomic E-state index is 6.48. The Hall–Kier alpha value is -0.830. The van der Waals surface area contributed by atoms with Gasteiger partial charge in [0.05, 0.1) is 11.1 Å². The van der Waals surface area contributed by atoms with Crippen LogP contribution in [0.4, 0.5) is 0 Å². The molecule has 1 heterocycles. The molecule has 0 amide bonds. The summed E-state index contributed by atoms with van der Waals surface area (Å²) < 4.78 is 0. The molecule has 0 saturated carbocycles. The summed E-state index contributed by atoms with van der Waals surface area (Å²) in [7, 11) is 0. The van der Waals surface area contributed by atoms with Crippen LogP contribution in [0.15, 0.2) is 29.6 Å². The van der Waals surface area contributed by atoms with Gasteiger partial charge in [-0.15, -0.1) is 11.3 Å². The van der Waals surface area contributed by atoms with Crippen LogP contribution in [0.5, 0.6) is 0 Å². The molecule has 0 aliphatic heterocycles. The first-order valence-electron chi connectivity index (χ1n) is 7.61. The smallest absolute Gasteiger partial charge is 0.0686 e. The Labute approximate surface area is 137 Å². The van der Waals surface area contributed by atoms with E-state index >= 15 is 0 Å². The average Bonchev–Trinajstić information content (AvgIpc) is 2.80. The summed E-state index contributed by atoms with van der Waals surface area (Å²) in [6.45, 7) is 9.70. The van der Waals surface area contributed by atoms with Crippen LogP contribution in [0.3, 0.4) is 0 Å². The zero-order valence-electron chi connectivity index (χ0n) is 13.2. The van der Waals surface area contributed by atoms with Crippen LogP contribution in [-0.2, 0) is 0 Å². The molecule has 0 spiro atoms. The summed E-state index contributed by atoms with van der Waals surface area (Å²) in [6, 6.07) is 9.11. The summed E-state index contributed by atoms with van der Waals surface area (Å²) >= 11 is 8.23. The number of benzene rings is 1. The molecule has 114 valence electrons. The number of thiophene rings is 1. The predicted octanol–water partition coefficient (Wildman–Crippen LogP) is 5.92. The third-order valence-electron chi connectivity index (χ3n) is 3.72. The minimum absolute atomic E-state index is 0.192. The second-order valence-corrected chi connectivity index (χ2v) is 7.09. The molecule has 21 heavy (non-hydrogen) atoms. The van der Waals surface area contributed by atoms with Gasteiger partial charge < -0.3 is 5.32 Å². The lowest BCUT2D eigenvalue weighted by molar-refractivity contribution is 0.605. The van der Waals surface area contributed by atoms with Crippen molar-refractivity contribution in [3.63, 3.8) is 0 Å². The van der Waals surface area contributed by atoms with Crippen molar-refractivity contribution in [2.24, 2.45) is 0 Å². The molecule has 0 saturated heterocycles. The van der Waals surface area contributed by atoms with Gasteiger partial charge in [0.1, 0.15) is 0 Å². The lowest BCUT2D eigenvalue weighted by atomic mass is 9.98. The number of hydrogen-bond donors (Lipinski definition) is 1. The molecule has 0 fully saturated rings. The van der Waals surface area contributed by atoms with Crippen LogP contribution in [0.2, 0.25) is 5.02 Å². The number of halogens is 1. The first-order chi connectivity index (χ1) is 10.0. The van der Waals surface area contributed by atoms with E-state index in [-0.39, 0.29) is 6.04 Å². The number of aryl methyl sites for hydroxylation is 1. The summed E-state index contributed by atoms with van der Waals surface area (Å²) in [5.41, 5.74) is 3.83. The van der Waals surface area contributed by atoms with Gasteiger partial charge in [0.2, 0.25) is 0 Å². The minimum Gasteiger partial charge on any atom is -0.306 e. The number of hydrogen-bond acceptors (Lipinski definition) is 2. The van der Waals surface area contributed by atoms with Crippen LogP contribution < -0.4 is 5.32 Å². The number of rotatable bonds is 6. The fourth-order valence-corrected chi connectivity index (χ4v) is 3.77. The zero-order chi connectivity index (χ0) is 15.4. The van der Waals surface area contributed by atoms with E-state index in [0.717, 1.165) is 18.0 Å². The lowest BCUT2D eigenvalue weighted by Gasteiger charge is -2.19. The highest BCUT2D eigenvalue weighted by atomic mass is 35.5. The summed E-state index contributed by atoms with van der Waals surface area (Å²) in [6.07, 6.45) is 1.11. The fourth-order valence-electron chi connectivity index (χ4n) is 2.37. The van der Waals surface area contributed by atoms with Crippen LogP contribution in [0.1, 0.15) is 60.7 Å². The van der Waals surface area contributed by atoms with Gasteiger partial charge in [-0.05, 0) is 47.9 Å². The van der Waals surface area contributed by atoms with Gasteiger partial charge >= 0.3 is 0 Å². The Morgan fingerprint density at radius 1 is 1.14 bits per heavy atom. The standard InChI is InChI=1S/C18H24ClNS/c1-5-10-20-17(18-16(19)13(4)11-21-18)15-8-6-14(7-9-15)12(2)3/h6-9,11-12,17,20H,5,10H2,1-4H3. The molecule has 1 atom stereocenters. The van der Waals surface area contributed by atoms with Gasteiger partial charge in [-0.1, -0.05) is 56.6 Å². The van der Waals surface area contributed by atoms with Crippen LogP contribution in [-0.4, -0.2) is 6.54 Å². The lowest BCUT2D eigenvalue weighted by Crippen LogP contribution is -2.22. The Morgan fingerprint density at radius 3 is 2.24 bits per heavy atom. The molecule has 1 N–H and O–H groups in total. The van der Waals surface area contributed by atoms with E-state index in [4.69, 9.17) is 11.6 Å². The van der Waals surface area contributed by atoms with E-state index in [9.17, 15) is 0 Å². The van der Waals surface area contributed by atoms with Crippen molar-refractivity contribution in [1.82, 2.24) is 5.32 Å². The Morgan fingerprint density at radius 2 is 1.76 bits per heavy atom. The quantitative estimate of drug-likeness (QED) is 0.696. The largest absolute Gasteiger partial charge is 0.306 e. The van der Waals surface area contributed by atoms with E-state index < -0.39 is 0 Å². The number of nitrogens with one attached hydrogen (secondary N) is 1. The van der Waals surface area contributed by atoms with E-state index in [1.165, 1.54) is 21.6 Å². The van der Waals surface area contributed by atoms with Crippen molar-refractivity contribution in [2.45, 2.75) is 46.1 Å². The third-order valence-corrected chi connectivity index (χ3v) is 5.50. The highest BCUT2D eigenvalue weighted by molar-refractivity contribution is 7.10. The Bertz CT molecular complexity index is 571. The first-order valence-corrected chi connectivity index (χ1v) is 8.87. The molecule has 0 bridgehead atoms. The fraction of sp³-hybridized carbons (Fsp3) is 0.444. The molecule has 2 rings (SSSR count). The van der Waals surface area contributed by atoms with E-state index in [1.54, 1.807) is 11.3 Å². The van der Waals surface area contributed by atoms with Crippen molar-refractivity contribution >= 4 is 22.9 Å². The van der Waals surface area contributed by atoms with Gasteiger partial charge in [0.25, 0.3) is 0 Å². The molecule has 0 aliphatic carbocycles. The molecule has 0 radical (unpaired) electrons. The maximum absolute atomic E-state index is 6.48. The highest BCUT2D eigenvalue weighted by Crippen LogP contribution is 2.36. The van der Waals surface area contributed by atoms with Gasteiger partial charge in [0.15, 0.2) is 0 Å². The Kier molecular flexibility index (Phi) is 5.86. The molecular weight excluding hydrogens is 298 g/mol. The van der Waals surface area contributed by atoms with Crippen molar-refractivity contribution in [3.8, 4) is 0 Å². The average molecular weight is 322 g/mol. The predicted molar refractivity (Wildman–Crippen MR) is 94.7 cm³/mol. The van der Waals surface area contributed by atoms with Gasteiger partial charge in [-0.2, -0.15) is 0 Å². The van der Waals surface area contributed by atoms with Crippen molar-refractivity contribution in [2.75, 3.05) is 6.54 Å². The van der Waals surface area contributed by atoms with Gasteiger partial charge in [-0.25, -0.2) is 0 Å². The van der Waals surface area contributed by atoms with E-state index in [1.807, 2.05) is 0 Å².